The van der Waals surface area contributed by atoms with Crippen molar-refractivity contribution in [1.82, 2.24) is 9.78 Å². The van der Waals surface area contributed by atoms with Crippen molar-refractivity contribution in [1.29, 1.82) is 0 Å². The Labute approximate surface area is 106 Å². The summed E-state index contributed by atoms with van der Waals surface area (Å²) in [4.78, 5) is 0. The molecule has 0 unspecified atom stereocenters. The molecule has 4 heteroatoms. The number of nitrogens with zero attached hydrogens (tertiary/aromatic N) is 2. The second-order valence-corrected chi connectivity index (χ2v) is 4.71. The molecule has 0 fully saturated rings. The van der Waals surface area contributed by atoms with Gasteiger partial charge in [-0.05, 0) is 38.5 Å². The highest BCUT2D eigenvalue weighted by atomic mass is 19.1. The van der Waals surface area contributed by atoms with E-state index in [2.05, 4.69) is 18.9 Å². The highest BCUT2D eigenvalue weighted by Crippen LogP contribution is 2.25. The van der Waals surface area contributed by atoms with E-state index in [-0.39, 0.29) is 12.4 Å². The van der Waals surface area contributed by atoms with Crippen LogP contribution in [0.4, 0.5) is 4.39 Å². The number of hydrogen-bond acceptors (Lipinski definition) is 2. The quantitative estimate of drug-likeness (QED) is 0.906. The fourth-order valence-electron chi connectivity index (χ4n) is 1.93. The van der Waals surface area contributed by atoms with Crippen molar-refractivity contribution in [2.24, 2.45) is 5.73 Å². The van der Waals surface area contributed by atoms with E-state index in [0.717, 1.165) is 16.8 Å². The first kappa shape index (κ1) is 12.8. The standard InChI is InChI=1S/C14H18FN3/c1-9(2)18-8-13(10(3)17-18)11-4-5-14(15)12(6-11)7-16/h4-6,8-9H,7,16H2,1-3H3. The molecule has 0 saturated carbocycles. The largest absolute Gasteiger partial charge is 0.326 e. The normalized spacial score (nSPS) is 11.2. The summed E-state index contributed by atoms with van der Waals surface area (Å²) in [5, 5.41) is 4.46. The van der Waals surface area contributed by atoms with Gasteiger partial charge in [0.1, 0.15) is 5.82 Å². The number of benzene rings is 1. The molecule has 1 aromatic heterocycles. The van der Waals surface area contributed by atoms with E-state index in [4.69, 9.17) is 5.73 Å². The maximum absolute atomic E-state index is 13.4. The first-order valence-electron chi connectivity index (χ1n) is 6.07. The number of rotatable bonds is 3. The van der Waals surface area contributed by atoms with Gasteiger partial charge in [-0.2, -0.15) is 5.10 Å². The highest BCUT2D eigenvalue weighted by molar-refractivity contribution is 5.65. The van der Waals surface area contributed by atoms with Crippen LogP contribution in [0.5, 0.6) is 0 Å². The van der Waals surface area contributed by atoms with E-state index in [1.54, 1.807) is 12.1 Å². The lowest BCUT2D eigenvalue weighted by Gasteiger charge is -2.04. The zero-order chi connectivity index (χ0) is 13.3. The van der Waals surface area contributed by atoms with Crippen molar-refractivity contribution in [3.05, 3.63) is 41.5 Å². The second-order valence-electron chi connectivity index (χ2n) is 4.71. The van der Waals surface area contributed by atoms with Crippen LogP contribution in [-0.4, -0.2) is 9.78 Å². The van der Waals surface area contributed by atoms with Crippen LogP contribution in [0.25, 0.3) is 11.1 Å². The molecule has 0 aliphatic carbocycles. The Morgan fingerprint density at radius 3 is 2.67 bits per heavy atom. The molecule has 3 nitrogen and oxygen atoms in total. The molecule has 0 atom stereocenters. The summed E-state index contributed by atoms with van der Waals surface area (Å²) < 4.78 is 15.3. The lowest BCUT2D eigenvalue weighted by Crippen LogP contribution is -2.00. The Bertz CT molecular complexity index is 558. The van der Waals surface area contributed by atoms with Crippen molar-refractivity contribution in [3.8, 4) is 11.1 Å². The molecule has 1 heterocycles. The molecule has 0 aliphatic rings. The molecule has 0 radical (unpaired) electrons. The molecule has 0 spiro atoms. The third kappa shape index (κ3) is 2.29. The molecule has 18 heavy (non-hydrogen) atoms. The van der Waals surface area contributed by atoms with Gasteiger partial charge in [-0.25, -0.2) is 4.39 Å². The van der Waals surface area contributed by atoms with E-state index >= 15 is 0 Å². The van der Waals surface area contributed by atoms with Gasteiger partial charge in [-0.15, -0.1) is 0 Å². The third-order valence-electron chi connectivity index (χ3n) is 3.02. The molecular weight excluding hydrogens is 229 g/mol. The molecular formula is C14H18FN3. The van der Waals surface area contributed by atoms with Crippen LogP contribution < -0.4 is 5.73 Å². The minimum atomic E-state index is -0.254. The molecule has 0 saturated heterocycles. The lowest BCUT2D eigenvalue weighted by atomic mass is 10.0. The Kier molecular flexibility index (Phi) is 3.48. The van der Waals surface area contributed by atoms with Crippen molar-refractivity contribution in [2.45, 2.75) is 33.4 Å². The van der Waals surface area contributed by atoms with Gasteiger partial charge in [-0.3, -0.25) is 4.68 Å². The molecule has 0 amide bonds. The van der Waals surface area contributed by atoms with Crippen molar-refractivity contribution >= 4 is 0 Å². The van der Waals surface area contributed by atoms with Crippen LogP contribution in [0.3, 0.4) is 0 Å². The number of nitrogens with two attached hydrogens (primary N) is 1. The average molecular weight is 247 g/mol. The fraction of sp³-hybridized carbons (Fsp3) is 0.357. The number of aromatic nitrogens is 2. The van der Waals surface area contributed by atoms with Crippen molar-refractivity contribution < 1.29 is 4.39 Å². The van der Waals surface area contributed by atoms with E-state index in [9.17, 15) is 4.39 Å². The molecule has 2 aromatic rings. The van der Waals surface area contributed by atoms with Gasteiger partial charge >= 0.3 is 0 Å². The Morgan fingerprint density at radius 1 is 1.39 bits per heavy atom. The molecule has 96 valence electrons. The lowest BCUT2D eigenvalue weighted by molar-refractivity contribution is 0.529. The van der Waals surface area contributed by atoms with Gasteiger partial charge in [-0.1, -0.05) is 6.07 Å². The predicted molar refractivity (Wildman–Crippen MR) is 70.6 cm³/mol. The smallest absolute Gasteiger partial charge is 0.127 e. The van der Waals surface area contributed by atoms with Gasteiger partial charge in [0.05, 0.1) is 5.69 Å². The first-order valence-corrected chi connectivity index (χ1v) is 6.07. The number of aryl methyl sites for hydroxylation is 1. The van der Waals surface area contributed by atoms with Crippen LogP contribution in [0.2, 0.25) is 0 Å². The minimum absolute atomic E-state index is 0.205. The monoisotopic (exact) mass is 247 g/mol. The number of hydrogen-bond donors (Lipinski definition) is 1. The van der Waals surface area contributed by atoms with E-state index < -0.39 is 0 Å². The van der Waals surface area contributed by atoms with Crippen LogP contribution >= 0.6 is 0 Å². The Balaban J connectivity index is 2.48. The molecule has 2 N–H and O–H groups in total. The Hall–Kier alpha value is -1.68. The van der Waals surface area contributed by atoms with Gasteiger partial charge in [0.2, 0.25) is 0 Å². The minimum Gasteiger partial charge on any atom is -0.326 e. The first-order chi connectivity index (χ1) is 8.52. The summed E-state index contributed by atoms with van der Waals surface area (Å²) in [6, 6.07) is 5.34. The van der Waals surface area contributed by atoms with E-state index in [0.29, 0.717) is 11.6 Å². The zero-order valence-electron chi connectivity index (χ0n) is 10.9. The molecule has 0 aliphatic heterocycles. The van der Waals surface area contributed by atoms with Gasteiger partial charge in [0.25, 0.3) is 0 Å². The topological polar surface area (TPSA) is 43.8 Å². The summed E-state index contributed by atoms with van der Waals surface area (Å²) in [5.41, 5.74) is 8.99. The fourth-order valence-corrected chi connectivity index (χ4v) is 1.93. The molecule has 0 bridgehead atoms. The Morgan fingerprint density at radius 2 is 2.11 bits per heavy atom. The van der Waals surface area contributed by atoms with Gasteiger partial charge in [0, 0.05) is 29.9 Å². The average Bonchev–Trinajstić information content (AvgIpc) is 2.72. The summed E-state index contributed by atoms with van der Waals surface area (Å²) in [6.07, 6.45) is 1.99. The van der Waals surface area contributed by atoms with Crippen molar-refractivity contribution in [2.75, 3.05) is 0 Å². The van der Waals surface area contributed by atoms with Crippen LogP contribution in [0.1, 0.15) is 31.1 Å². The zero-order valence-corrected chi connectivity index (χ0v) is 10.9. The molecule has 2 rings (SSSR count). The molecule has 1 aromatic carbocycles. The highest BCUT2D eigenvalue weighted by Gasteiger charge is 2.11. The maximum atomic E-state index is 13.4. The van der Waals surface area contributed by atoms with E-state index in [1.165, 1.54) is 6.07 Å². The maximum Gasteiger partial charge on any atom is 0.127 e. The second kappa shape index (κ2) is 4.90. The third-order valence-corrected chi connectivity index (χ3v) is 3.02. The van der Waals surface area contributed by atoms with E-state index in [1.807, 2.05) is 17.8 Å². The number of halogens is 1. The SMILES string of the molecule is Cc1nn(C(C)C)cc1-c1ccc(F)c(CN)c1. The summed E-state index contributed by atoms with van der Waals surface area (Å²) in [5.74, 6) is -0.254. The van der Waals surface area contributed by atoms with Gasteiger partial charge in [0.15, 0.2) is 0 Å². The van der Waals surface area contributed by atoms with Crippen LogP contribution in [-0.2, 0) is 6.54 Å². The van der Waals surface area contributed by atoms with Crippen LogP contribution in [0.15, 0.2) is 24.4 Å². The van der Waals surface area contributed by atoms with Crippen molar-refractivity contribution in [3.63, 3.8) is 0 Å². The van der Waals surface area contributed by atoms with Gasteiger partial charge < -0.3 is 5.73 Å². The van der Waals surface area contributed by atoms with Crippen LogP contribution in [0, 0.1) is 12.7 Å². The summed E-state index contributed by atoms with van der Waals surface area (Å²) in [7, 11) is 0. The summed E-state index contributed by atoms with van der Waals surface area (Å²) in [6.45, 7) is 6.31. The predicted octanol–water partition coefficient (Wildman–Crippen LogP) is 3.04. The summed E-state index contributed by atoms with van der Waals surface area (Å²) >= 11 is 0.